The predicted octanol–water partition coefficient (Wildman–Crippen LogP) is 1.05. The first-order valence-corrected chi connectivity index (χ1v) is 7.60. The molecule has 0 spiro atoms. The lowest BCUT2D eigenvalue weighted by Gasteiger charge is -2.31. The number of carbonyl (C=O) groups is 1. The van der Waals surface area contributed by atoms with E-state index in [4.69, 9.17) is 9.47 Å². The molecular formula is C16H22N2O3. The van der Waals surface area contributed by atoms with Crippen LogP contribution in [0.15, 0.2) is 24.3 Å². The van der Waals surface area contributed by atoms with E-state index in [1.807, 2.05) is 25.1 Å². The van der Waals surface area contributed by atoms with Gasteiger partial charge in [-0.25, -0.2) is 0 Å². The number of para-hydroxylation sites is 1. The lowest BCUT2D eigenvalue weighted by molar-refractivity contribution is -0.129. The normalized spacial score (nSPS) is 28.3. The summed E-state index contributed by atoms with van der Waals surface area (Å²) >= 11 is 0. The fraction of sp³-hybridized carbons (Fsp3) is 0.562. The molecule has 1 fully saturated rings. The Morgan fingerprint density at radius 2 is 2.24 bits per heavy atom. The lowest BCUT2D eigenvalue weighted by atomic mass is 9.93. The number of nitrogens with one attached hydrogen (secondary N) is 2. The van der Waals surface area contributed by atoms with Crippen LogP contribution in [0.25, 0.3) is 0 Å². The van der Waals surface area contributed by atoms with Crippen LogP contribution in [0.3, 0.4) is 0 Å². The summed E-state index contributed by atoms with van der Waals surface area (Å²) in [5.41, 5.74) is 1.19. The second-order valence-corrected chi connectivity index (χ2v) is 5.62. The highest BCUT2D eigenvalue weighted by molar-refractivity contribution is 5.82. The summed E-state index contributed by atoms with van der Waals surface area (Å²) < 4.78 is 11.2. The van der Waals surface area contributed by atoms with E-state index in [1.165, 1.54) is 5.56 Å². The third-order valence-electron chi connectivity index (χ3n) is 4.20. The minimum absolute atomic E-state index is 0.0196. The molecule has 3 atom stereocenters. The van der Waals surface area contributed by atoms with Crippen molar-refractivity contribution in [2.24, 2.45) is 0 Å². The molecular weight excluding hydrogens is 268 g/mol. The number of amides is 1. The molecule has 2 aliphatic heterocycles. The maximum atomic E-state index is 12.3. The Balaban J connectivity index is 1.59. The Morgan fingerprint density at radius 1 is 1.38 bits per heavy atom. The van der Waals surface area contributed by atoms with Crippen LogP contribution in [-0.4, -0.2) is 44.4 Å². The average Bonchev–Trinajstić information content (AvgIpc) is 2.53. The van der Waals surface area contributed by atoms with E-state index in [2.05, 4.69) is 16.7 Å². The number of fused-ring (bicyclic) bond motifs is 1. The number of rotatable bonds is 3. The number of ether oxygens (including phenoxy) is 2. The van der Waals surface area contributed by atoms with E-state index in [1.54, 1.807) is 0 Å². The van der Waals surface area contributed by atoms with Crippen molar-refractivity contribution in [3.63, 3.8) is 0 Å². The highest BCUT2D eigenvalue weighted by Crippen LogP contribution is 2.32. The minimum atomic E-state index is -0.256. The van der Waals surface area contributed by atoms with Crippen LogP contribution >= 0.6 is 0 Å². The molecule has 3 rings (SSSR count). The Bertz CT molecular complexity index is 506. The van der Waals surface area contributed by atoms with Gasteiger partial charge in [0.2, 0.25) is 5.91 Å². The fourth-order valence-electron chi connectivity index (χ4n) is 2.99. The third-order valence-corrected chi connectivity index (χ3v) is 4.20. The van der Waals surface area contributed by atoms with Gasteiger partial charge in [-0.2, -0.15) is 0 Å². The Kier molecular flexibility index (Phi) is 4.41. The van der Waals surface area contributed by atoms with Gasteiger partial charge in [0, 0.05) is 19.0 Å². The highest BCUT2D eigenvalue weighted by atomic mass is 16.5. The van der Waals surface area contributed by atoms with Crippen molar-refractivity contribution in [1.82, 2.24) is 10.6 Å². The van der Waals surface area contributed by atoms with Crippen LogP contribution < -0.4 is 15.4 Å². The first-order chi connectivity index (χ1) is 10.3. The Labute approximate surface area is 125 Å². The fourth-order valence-corrected chi connectivity index (χ4v) is 2.99. The summed E-state index contributed by atoms with van der Waals surface area (Å²) in [7, 11) is 0. The molecule has 2 heterocycles. The maximum absolute atomic E-state index is 12.3. The van der Waals surface area contributed by atoms with Gasteiger partial charge in [0.1, 0.15) is 11.8 Å². The van der Waals surface area contributed by atoms with Crippen molar-refractivity contribution < 1.29 is 14.3 Å². The molecule has 0 saturated carbocycles. The molecule has 2 N–H and O–H groups in total. The van der Waals surface area contributed by atoms with Gasteiger partial charge < -0.3 is 20.1 Å². The van der Waals surface area contributed by atoms with Crippen molar-refractivity contribution in [3.05, 3.63) is 29.8 Å². The van der Waals surface area contributed by atoms with Crippen LogP contribution in [0.1, 0.15) is 24.8 Å². The molecule has 114 valence electrons. The van der Waals surface area contributed by atoms with Crippen LogP contribution in [0.4, 0.5) is 0 Å². The van der Waals surface area contributed by atoms with Crippen LogP contribution in [0.2, 0.25) is 0 Å². The van der Waals surface area contributed by atoms with E-state index < -0.39 is 0 Å². The zero-order valence-corrected chi connectivity index (χ0v) is 12.3. The first kappa shape index (κ1) is 14.4. The molecule has 1 aromatic carbocycles. The zero-order chi connectivity index (χ0) is 14.7. The smallest absolute Gasteiger partial charge is 0.239 e. The van der Waals surface area contributed by atoms with Crippen molar-refractivity contribution in [2.75, 3.05) is 26.3 Å². The van der Waals surface area contributed by atoms with Gasteiger partial charge in [-0.15, -0.1) is 0 Å². The molecule has 0 aromatic heterocycles. The third kappa shape index (κ3) is 3.19. The van der Waals surface area contributed by atoms with Gasteiger partial charge in [-0.3, -0.25) is 4.79 Å². The Hall–Kier alpha value is -1.59. The summed E-state index contributed by atoms with van der Waals surface area (Å²) in [6.45, 7) is 4.67. The number of hydrogen-bond donors (Lipinski definition) is 2. The molecule has 2 aliphatic rings. The maximum Gasteiger partial charge on any atom is 0.239 e. The number of benzene rings is 1. The van der Waals surface area contributed by atoms with Crippen molar-refractivity contribution in [2.45, 2.75) is 31.4 Å². The van der Waals surface area contributed by atoms with E-state index in [0.717, 1.165) is 18.7 Å². The molecule has 5 nitrogen and oxygen atoms in total. The number of carbonyl (C=O) groups excluding carboxylic acids is 1. The van der Waals surface area contributed by atoms with Gasteiger partial charge in [0.25, 0.3) is 0 Å². The predicted molar refractivity (Wildman–Crippen MR) is 79.5 cm³/mol. The number of morpholine rings is 1. The quantitative estimate of drug-likeness (QED) is 0.873. The SMILES string of the molecule is C[C@H]1OCCN[C@@H]1C(=O)NCC1CCOc2ccccc21. The minimum Gasteiger partial charge on any atom is -0.493 e. The molecule has 1 aromatic rings. The van der Waals surface area contributed by atoms with E-state index in [0.29, 0.717) is 25.7 Å². The molecule has 21 heavy (non-hydrogen) atoms. The van der Waals surface area contributed by atoms with E-state index >= 15 is 0 Å². The van der Waals surface area contributed by atoms with Gasteiger partial charge in [0.15, 0.2) is 0 Å². The monoisotopic (exact) mass is 290 g/mol. The molecule has 0 aliphatic carbocycles. The standard InChI is InChI=1S/C16H22N2O3/c1-11-15(17-7-9-20-11)16(19)18-10-12-6-8-21-14-5-3-2-4-13(12)14/h2-5,11-12,15,17H,6-10H2,1H3,(H,18,19)/t11-,12?,15+/m1/s1. The molecule has 5 heteroatoms. The van der Waals surface area contributed by atoms with Gasteiger partial charge >= 0.3 is 0 Å². The summed E-state index contributed by atoms with van der Waals surface area (Å²) in [4.78, 5) is 12.3. The molecule has 0 radical (unpaired) electrons. The topological polar surface area (TPSA) is 59.6 Å². The van der Waals surface area contributed by atoms with Gasteiger partial charge in [-0.05, 0) is 25.0 Å². The van der Waals surface area contributed by atoms with Crippen molar-refractivity contribution in [1.29, 1.82) is 0 Å². The zero-order valence-electron chi connectivity index (χ0n) is 12.3. The lowest BCUT2D eigenvalue weighted by Crippen LogP contribution is -2.55. The van der Waals surface area contributed by atoms with E-state index in [-0.39, 0.29) is 18.1 Å². The summed E-state index contributed by atoms with van der Waals surface area (Å²) in [5.74, 6) is 1.28. The number of hydrogen-bond acceptors (Lipinski definition) is 4. The van der Waals surface area contributed by atoms with Crippen molar-refractivity contribution in [3.8, 4) is 5.75 Å². The second-order valence-electron chi connectivity index (χ2n) is 5.62. The molecule has 1 unspecified atom stereocenters. The van der Waals surface area contributed by atoms with Gasteiger partial charge in [-0.1, -0.05) is 18.2 Å². The molecule has 0 bridgehead atoms. The Morgan fingerprint density at radius 3 is 3.10 bits per heavy atom. The van der Waals surface area contributed by atoms with E-state index in [9.17, 15) is 4.79 Å². The largest absolute Gasteiger partial charge is 0.493 e. The van der Waals surface area contributed by atoms with Crippen LogP contribution in [0.5, 0.6) is 5.75 Å². The highest BCUT2D eigenvalue weighted by Gasteiger charge is 2.29. The first-order valence-electron chi connectivity index (χ1n) is 7.60. The second kappa shape index (κ2) is 6.45. The van der Waals surface area contributed by atoms with Crippen molar-refractivity contribution >= 4 is 5.91 Å². The van der Waals surface area contributed by atoms with Gasteiger partial charge in [0.05, 0.1) is 19.3 Å². The molecule has 1 saturated heterocycles. The van der Waals surface area contributed by atoms with Crippen LogP contribution in [-0.2, 0) is 9.53 Å². The summed E-state index contributed by atoms with van der Waals surface area (Å²) in [5, 5.41) is 6.27. The summed E-state index contributed by atoms with van der Waals surface area (Å²) in [6, 6.07) is 7.80. The van der Waals surface area contributed by atoms with Crippen LogP contribution in [0, 0.1) is 0 Å². The summed E-state index contributed by atoms with van der Waals surface area (Å²) in [6.07, 6.45) is 0.849. The average molecular weight is 290 g/mol. The molecule has 1 amide bonds.